The van der Waals surface area contributed by atoms with Crippen molar-refractivity contribution in [3.05, 3.63) is 0 Å². The Balaban J connectivity index is 2.92. The van der Waals surface area contributed by atoms with Gasteiger partial charge in [0.15, 0.2) is 5.78 Å². The van der Waals surface area contributed by atoms with E-state index in [1.165, 1.54) is 10.8 Å². The lowest BCUT2D eigenvalue weighted by atomic mass is 9.90. The van der Waals surface area contributed by atoms with E-state index in [0.29, 0.717) is 12.3 Å². The monoisotopic (exact) mass is 292 g/mol. The normalized spacial score (nSPS) is 33.7. The zero-order valence-electron chi connectivity index (χ0n) is 11.5. The zero-order chi connectivity index (χ0) is 13.8. The predicted molar refractivity (Wildman–Crippen MR) is 78.7 cm³/mol. The van der Waals surface area contributed by atoms with Gasteiger partial charge < -0.3 is 5.73 Å². The highest BCUT2D eigenvalue weighted by Gasteiger charge is 2.44. The van der Waals surface area contributed by atoms with E-state index >= 15 is 0 Å². The van der Waals surface area contributed by atoms with Crippen molar-refractivity contribution in [1.29, 1.82) is 0 Å². The standard InChI is InChI=1S/C12H24N2O2S2/c1-4-14(3)12(2)11(15)10(6-5-8-13)7-9-18(16)17-12/h10H,4-9,13H2,1-3H3/t10?,12-,18?/m0/s1. The highest BCUT2D eigenvalue weighted by Crippen LogP contribution is 2.39. The minimum atomic E-state index is -0.973. The largest absolute Gasteiger partial charge is 0.330 e. The van der Waals surface area contributed by atoms with Crippen molar-refractivity contribution in [2.24, 2.45) is 11.7 Å². The van der Waals surface area contributed by atoms with E-state index in [4.69, 9.17) is 5.73 Å². The Morgan fingerprint density at radius 3 is 2.83 bits per heavy atom. The molecular formula is C12H24N2O2S2. The Morgan fingerprint density at radius 2 is 2.28 bits per heavy atom. The molecule has 0 amide bonds. The minimum Gasteiger partial charge on any atom is -0.330 e. The molecule has 6 heteroatoms. The number of carbonyl (C=O) groups excluding carboxylic acids is 1. The number of nitrogens with two attached hydrogens (primary N) is 1. The van der Waals surface area contributed by atoms with Gasteiger partial charge in [-0.25, -0.2) is 4.21 Å². The second-order valence-electron chi connectivity index (χ2n) is 4.87. The third-order valence-electron chi connectivity index (χ3n) is 3.68. The molecule has 0 aromatic rings. The van der Waals surface area contributed by atoms with Crippen LogP contribution in [0.25, 0.3) is 0 Å². The fourth-order valence-electron chi connectivity index (χ4n) is 2.21. The van der Waals surface area contributed by atoms with Crippen LogP contribution in [0.3, 0.4) is 0 Å². The van der Waals surface area contributed by atoms with Crippen LogP contribution in [-0.2, 0) is 14.6 Å². The molecule has 1 aliphatic rings. The number of rotatable bonds is 5. The first-order chi connectivity index (χ1) is 8.45. The third-order valence-corrected chi connectivity index (χ3v) is 7.30. The Morgan fingerprint density at radius 1 is 1.61 bits per heavy atom. The molecule has 0 aromatic carbocycles. The quantitative estimate of drug-likeness (QED) is 0.776. The van der Waals surface area contributed by atoms with Crippen molar-refractivity contribution in [3.63, 3.8) is 0 Å². The summed E-state index contributed by atoms with van der Waals surface area (Å²) in [4.78, 5) is 14.0. The molecule has 106 valence electrons. The Hall–Kier alpha value is 0.0900. The van der Waals surface area contributed by atoms with E-state index in [1.54, 1.807) is 0 Å². The number of nitrogens with zero attached hydrogens (tertiary/aromatic N) is 1. The molecule has 2 unspecified atom stereocenters. The van der Waals surface area contributed by atoms with Gasteiger partial charge >= 0.3 is 0 Å². The maximum absolute atomic E-state index is 12.7. The summed E-state index contributed by atoms with van der Waals surface area (Å²) in [5.74, 6) is 0.835. The molecule has 3 atom stereocenters. The second-order valence-corrected chi connectivity index (χ2v) is 8.46. The molecule has 0 aromatic heterocycles. The van der Waals surface area contributed by atoms with Crippen LogP contribution in [0.5, 0.6) is 0 Å². The van der Waals surface area contributed by atoms with E-state index in [2.05, 4.69) is 0 Å². The highest BCUT2D eigenvalue weighted by atomic mass is 33.1. The molecule has 4 nitrogen and oxygen atoms in total. The molecule has 0 radical (unpaired) electrons. The molecule has 2 N–H and O–H groups in total. The third kappa shape index (κ3) is 3.56. The van der Waals surface area contributed by atoms with Crippen molar-refractivity contribution in [1.82, 2.24) is 4.90 Å². The Kier molecular flexibility index (Phi) is 6.30. The van der Waals surface area contributed by atoms with Gasteiger partial charge in [0.1, 0.15) is 4.87 Å². The zero-order valence-corrected chi connectivity index (χ0v) is 13.1. The average molecular weight is 292 g/mol. The van der Waals surface area contributed by atoms with Gasteiger partial charge in [0, 0.05) is 11.7 Å². The topological polar surface area (TPSA) is 63.4 Å². The maximum atomic E-state index is 12.7. The fourth-order valence-corrected chi connectivity index (χ4v) is 5.89. The van der Waals surface area contributed by atoms with Crippen LogP contribution < -0.4 is 5.73 Å². The first-order valence-electron chi connectivity index (χ1n) is 6.49. The Bertz CT molecular complexity index is 325. The predicted octanol–water partition coefficient (Wildman–Crippen LogP) is 1.38. The van der Waals surface area contributed by atoms with Gasteiger partial charge in [0.2, 0.25) is 0 Å². The summed E-state index contributed by atoms with van der Waals surface area (Å²) in [6.45, 7) is 5.31. The lowest BCUT2D eigenvalue weighted by molar-refractivity contribution is -0.129. The lowest BCUT2D eigenvalue weighted by Gasteiger charge is -2.36. The SMILES string of the molecule is CCN(C)[C@@]1(C)SS(=O)CCC(CCCN)C1=O. The summed E-state index contributed by atoms with van der Waals surface area (Å²) >= 11 is 0. The number of ketones is 1. The molecule has 1 rings (SSSR count). The summed E-state index contributed by atoms with van der Waals surface area (Å²) in [6, 6.07) is 0. The molecule has 0 aliphatic carbocycles. The van der Waals surface area contributed by atoms with E-state index in [-0.39, 0.29) is 11.7 Å². The van der Waals surface area contributed by atoms with Gasteiger partial charge in [-0.3, -0.25) is 9.69 Å². The lowest BCUT2D eigenvalue weighted by Crippen LogP contribution is -2.49. The Labute approximate surface area is 116 Å². The minimum absolute atomic E-state index is 0.00602. The van der Waals surface area contributed by atoms with E-state index < -0.39 is 14.7 Å². The van der Waals surface area contributed by atoms with Crippen LogP contribution >= 0.6 is 10.8 Å². The van der Waals surface area contributed by atoms with Gasteiger partial charge in [-0.15, -0.1) is 0 Å². The first kappa shape index (κ1) is 16.1. The molecule has 0 saturated carbocycles. The van der Waals surface area contributed by atoms with Crippen LogP contribution in [-0.4, -0.2) is 45.7 Å². The van der Waals surface area contributed by atoms with Crippen LogP contribution in [0.2, 0.25) is 0 Å². The number of hydrogen-bond acceptors (Lipinski definition) is 5. The average Bonchev–Trinajstić information content (AvgIpc) is 2.46. The summed E-state index contributed by atoms with van der Waals surface area (Å²) in [6.07, 6.45) is 2.41. The van der Waals surface area contributed by atoms with Gasteiger partial charge in [0.05, 0.1) is 9.83 Å². The van der Waals surface area contributed by atoms with Crippen molar-refractivity contribution >= 4 is 26.4 Å². The van der Waals surface area contributed by atoms with Crippen LogP contribution in [0.15, 0.2) is 0 Å². The van der Waals surface area contributed by atoms with E-state index in [0.717, 1.165) is 25.8 Å². The molecule has 18 heavy (non-hydrogen) atoms. The molecule has 0 bridgehead atoms. The van der Waals surface area contributed by atoms with Gasteiger partial charge in [-0.2, -0.15) is 0 Å². The van der Waals surface area contributed by atoms with Crippen LogP contribution in [0.4, 0.5) is 0 Å². The van der Waals surface area contributed by atoms with Crippen molar-refractivity contribution < 1.29 is 9.00 Å². The number of carbonyl (C=O) groups is 1. The summed E-state index contributed by atoms with van der Waals surface area (Å²) in [5.41, 5.74) is 5.52. The highest BCUT2D eigenvalue weighted by molar-refractivity contribution is 8.69. The summed E-state index contributed by atoms with van der Waals surface area (Å²) in [5, 5.41) is 0. The fraction of sp³-hybridized carbons (Fsp3) is 0.917. The van der Waals surface area contributed by atoms with Crippen LogP contribution in [0.1, 0.15) is 33.1 Å². The second kappa shape index (κ2) is 7.03. The summed E-state index contributed by atoms with van der Waals surface area (Å²) < 4.78 is 12.0. The van der Waals surface area contributed by atoms with Crippen molar-refractivity contribution in [2.75, 3.05) is 25.9 Å². The number of Topliss-reactive ketones (excluding diaryl/α,β-unsaturated/α-hetero) is 1. The van der Waals surface area contributed by atoms with E-state index in [9.17, 15) is 9.00 Å². The maximum Gasteiger partial charge on any atom is 0.167 e. The molecule has 1 aliphatic heterocycles. The summed E-state index contributed by atoms with van der Waals surface area (Å²) in [7, 11) is 2.26. The van der Waals surface area contributed by atoms with Gasteiger partial charge in [-0.05, 0) is 57.1 Å². The number of hydrogen-bond donors (Lipinski definition) is 1. The van der Waals surface area contributed by atoms with E-state index in [1.807, 2.05) is 25.8 Å². The van der Waals surface area contributed by atoms with Gasteiger partial charge in [0.25, 0.3) is 0 Å². The smallest absolute Gasteiger partial charge is 0.167 e. The van der Waals surface area contributed by atoms with Crippen molar-refractivity contribution in [2.45, 2.75) is 38.0 Å². The van der Waals surface area contributed by atoms with Crippen LogP contribution in [0, 0.1) is 5.92 Å². The molecule has 0 spiro atoms. The van der Waals surface area contributed by atoms with Gasteiger partial charge in [-0.1, -0.05) is 6.92 Å². The molecule has 1 saturated heterocycles. The molecule has 1 heterocycles. The molecule has 1 fully saturated rings. The number of likely N-dealkylation sites (N-methyl/N-ethyl adjacent to an activating group) is 1. The van der Waals surface area contributed by atoms with Crippen molar-refractivity contribution in [3.8, 4) is 0 Å². The first-order valence-corrected chi connectivity index (χ1v) is 9.14. The molecular weight excluding hydrogens is 268 g/mol.